The summed E-state index contributed by atoms with van der Waals surface area (Å²) in [6.45, 7) is 1.60. The predicted molar refractivity (Wildman–Crippen MR) is 94.3 cm³/mol. The molecule has 7 nitrogen and oxygen atoms in total. The first-order valence-corrected chi connectivity index (χ1v) is 8.86. The van der Waals surface area contributed by atoms with Gasteiger partial charge >= 0.3 is 10.2 Å². The summed E-state index contributed by atoms with van der Waals surface area (Å²) >= 11 is 0. The van der Waals surface area contributed by atoms with Gasteiger partial charge in [-0.15, -0.1) is 4.40 Å². The molecule has 2 aromatic rings. The Morgan fingerprint density at radius 1 is 1.12 bits per heavy atom. The molecule has 8 heteroatoms. The van der Waals surface area contributed by atoms with Crippen molar-refractivity contribution in [3.05, 3.63) is 59.7 Å². The summed E-state index contributed by atoms with van der Waals surface area (Å²) in [5.41, 5.74) is 8.57. The summed E-state index contributed by atoms with van der Waals surface area (Å²) in [5.74, 6) is -0.0305. The minimum absolute atomic E-state index is 0.0305. The van der Waals surface area contributed by atoms with Crippen LogP contribution in [0.25, 0.3) is 0 Å². The SMILES string of the molecule is NC1=NS(=O)(=O)Nc2cccc(NCCOCc3ccccc3)c21. The monoisotopic (exact) mass is 346 g/mol. The Balaban J connectivity index is 1.59. The number of nitrogens with zero attached hydrogens (tertiary/aromatic N) is 1. The third kappa shape index (κ3) is 3.84. The lowest BCUT2D eigenvalue weighted by atomic mass is 10.1. The second-order valence-corrected chi connectivity index (χ2v) is 6.58. The summed E-state index contributed by atoms with van der Waals surface area (Å²) < 4.78 is 34.6. The van der Waals surface area contributed by atoms with Gasteiger partial charge in [0.2, 0.25) is 0 Å². The van der Waals surface area contributed by atoms with Crippen LogP contribution in [0.5, 0.6) is 0 Å². The standard InChI is InChI=1S/C16H18N4O3S/c17-16-15-13(7-4-8-14(15)19-24(21,22)20-16)18-9-10-23-11-12-5-2-1-3-6-12/h1-8,18-19H,9-11H2,(H2,17,20). The smallest absolute Gasteiger partial charge is 0.344 e. The highest BCUT2D eigenvalue weighted by molar-refractivity contribution is 7.91. The summed E-state index contributed by atoms with van der Waals surface area (Å²) in [4.78, 5) is 0. The number of amidine groups is 1. The Hall–Kier alpha value is -2.58. The summed E-state index contributed by atoms with van der Waals surface area (Å²) in [6.07, 6.45) is 0. The maximum atomic E-state index is 11.5. The van der Waals surface area contributed by atoms with Crippen LogP contribution in [0.15, 0.2) is 52.9 Å². The Kier molecular flexibility index (Phi) is 4.68. The zero-order chi connectivity index (χ0) is 17.0. The Labute approximate surface area is 140 Å². The van der Waals surface area contributed by atoms with Gasteiger partial charge in [0.25, 0.3) is 0 Å². The van der Waals surface area contributed by atoms with Crippen LogP contribution in [-0.2, 0) is 21.6 Å². The Morgan fingerprint density at radius 3 is 2.71 bits per heavy atom. The number of hydrogen-bond acceptors (Lipinski definition) is 5. The van der Waals surface area contributed by atoms with E-state index in [1.807, 2.05) is 36.4 Å². The maximum Gasteiger partial charge on any atom is 0.344 e. The average molecular weight is 346 g/mol. The van der Waals surface area contributed by atoms with Crippen molar-refractivity contribution in [2.75, 3.05) is 23.2 Å². The largest absolute Gasteiger partial charge is 0.382 e. The minimum atomic E-state index is -3.76. The molecule has 1 heterocycles. The molecular weight excluding hydrogens is 328 g/mol. The number of benzene rings is 2. The number of fused-ring (bicyclic) bond motifs is 1. The molecule has 0 spiro atoms. The van der Waals surface area contributed by atoms with Crippen molar-refractivity contribution < 1.29 is 13.2 Å². The molecule has 0 aromatic heterocycles. The van der Waals surface area contributed by atoms with Crippen molar-refractivity contribution in [1.29, 1.82) is 0 Å². The third-order valence-electron chi connectivity index (χ3n) is 3.45. The van der Waals surface area contributed by atoms with Crippen LogP contribution in [0, 0.1) is 0 Å². The van der Waals surface area contributed by atoms with Crippen LogP contribution in [0.1, 0.15) is 11.1 Å². The van der Waals surface area contributed by atoms with E-state index in [9.17, 15) is 8.42 Å². The zero-order valence-electron chi connectivity index (χ0n) is 12.9. The highest BCUT2D eigenvalue weighted by atomic mass is 32.2. The summed E-state index contributed by atoms with van der Waals surface area (Å²) in [6, 6.07) is 15.1. The second-order valence-electron chi connectivity index (χ2n) is 5.25. The van der Waals surface area contributed by atoms with Crippen LogP contribution in [0.2, 0.25) is 0 Å². The van der Waals surface area contributed by atoms with Crippen LogP contribution >= 0.6 is 0 Å². The van der Waals surface area contributed by atoms with Gasteiger partial charge in [0.1, 0.15) is 5.84 Å². The minimum Gasteiger partial charge on any atom is -0.382 e. The molecule has 0 unspecified atom stereocenters. The van der Waals surface area contributed by atoms with Crippen LogP contribution in [-0.4, -0.2) is 27.4 Å². The molecule has 0 atom stereocenters. The van der Waals surface area contributed by atoms with Gasteiger partial charge in [0.05, 0.1) is 24.5 Å². The normalized spacial score (nSPS) is 15.1. The first-order chi connectivity index (χ1) is 11.6. The molecule has 1 aliphatic rings. The van der Waals surface area contributed by atoms with Gasteiger partial charge in [0, 0.05) is 12.2 Å². The predicted octanol–water partition coefficient (Wildman–Crippen LogP) is 1.69. The van der Waals surface area contributed by atoms with Crippen molar-refractivity contribution >= 4 is 27.4 Å². The van der Waals surface area contributed by atoms with Gasteiger partial charge < -0.3 is 15.8 Å². The van der Waals surface area contributed by atoms with Gasteiger partial charge in [-0.1, -0.05) is 36.4 Å². The van der Waals surface area contributed by atoms with E-state index in [1.165, 1.54) is 0 Å². The van der Waals surface area contributed by atoms with E-state index in [1.54, 1.807) is 12.1 Å². The number of anilines is 2. The second kappa shape index (κ2) is 6.90. The van der Waals surface area contributed by atoms with E-state index < -0.39 is 10.2 Å². The quantitative estimate of drug-likeness (QED) is 0.690. The lowest BCUT2D eigenvalue weighted by molar-refractivity contribution is 0.130. The molecule has 0 radical (unpaired) electrons. The van der Waals surface area contributed by atoms with E-state index in [2.05, 4.69) is 14.4 Å². The van der Waals surface area contributed by atoms with Gasteiger partial charge in [0.15, 0.2) is 0 Å². The van der Waals surface area contributed by atoms with Gasteiger partial charge in [-0.2, -0.15) is 8.42 Å². The van der Waals surface area contributed by atoms with Crippen LogP contribution in [0.3, 0.4) is 0 Å². The summed E-state index contributed by atoms with van der Waals surface area (Å²) in [5, 5.41) is 3.20. The fourth-order valence-electron chi connectivity index (χ4n) is 2.42. The molecule has 1 aliphatic heterocycles. The van der Waals surface area contributed by atoms with Crippen molar-refractivity contribution in [3.8, 4) is 0 Å². The lowest BCUT2D eigenvalue weighted by Crippen LogP contribution is -2.27. The third-order valence-corrected chi connectivity index (χ3v) is 4.37. The molecular formula is C16H18N4O3S. The first-order valence-electron chi connectivity index (χ1n) is 7.42. The molecule has 4 N–H and O–H groups in total. The van der Waals surface area contributed by atoms with Crippen molar-refractivity contribution in [2.24, 2.45) is 10.1 Å². The maximum absolute atomic E-state index is 11.5. The first kappa shape index (κ1) is 16.3. The molecule has 0 bridgehead atoms. The van der Waals surface area contributed by atoms with Gasteiger partial charge in [-0.05, 0) is 17.7 Å². The fourth-order valence-corrected chi connectivity index (χ4v) is 3.26. The summed E-state index contributed by atoms with van der Waals surface area (Å²) in [7, 11) is -3.76. The highest BCUT2D eigenvalue weighted by Crippen LogP contribution is 2.28. The fraction of sp³-hybridized carbons (Fsp3) is 0.188. The van der Waals surface area contributed by atoms with Gasteiger partial charge in [-0.25, -0.2) is 0 Å². The van der Waals surface area contributed by atoms with Crippen molar-refractivity contribution in [1.82, 2.24) is 0 Å². The van der Waals surface area contributed by atoms with E-state index in [-0.39, 0.29) is 5.84 Å². The van der Waals surface area contributed by atoms with Crippen molar-refractivity contribution in [2.45, 2.75) is 6.61 Å². The molecule has 3 rings (SSSR count). The molecule has 126 valence electrons. The lowest BCUT2D eigenvalue weighted by Gasteiger charge is -2.19. The Bertz CT molecular complexity index is 851. The number of nitrogens with two attached hydrogens (primary N) is 1. The number of rotatable bonds is 6. The van der Waals surface area contributed by atoms with E-state index in [0.29, 0.717) is 36.7 Å². The van der Waals surface area contributed by atoms with E-state index in [4.69, 9.17) is 10.5 Å². The van der Waals surface area contributed by atoms with E-state index in [0.717, 1.165) is 5.56 Å². The van der Waals surface area contributed by atoms with Crippen LogP contribution in [0.4, 0.5) is 11.4 Å². The molecule has 0 aliphatic carbocycles. The molecule has 0 saturated heterocycles. The Morgan fingerprint density at radius 2 is 1.92 bits per heavy atom. The molecule has 24 heavy (non-hydrogen) atoms. The number of ether oxygens (including phenoxy) is 1. The zero-order valence-corrected chi connectivity index (χ0v) is 13.7. The number of nitrogens with one attached hydrogen (secondary N) is 2. The number of hydrogen-bond donors (Lipinski definition) is 3. The van der Waals surface area contributed by atoms with Gasteiger partial charge in [-0.3, -0.25) is 4.72 Å². The molecule has 0 amide bonds. The molecule has 0 saturated carbocycles. The highest BCUT2D eigenvalue weighted by Gasteiger charge is 2.23. The van der Waals surface area contributed by atoms with Crippen LogP contribution < -0.4 is 15.8 Å². The van der Waals surface area contributed by atoms with E-state index >= 15 is 0 Å². The molecule has 2 aromatic carbocycles. The average Bonchev–Trinajstić information content (AvgIpc) is 2.54. The molecule has 0 fully saturated rings. The topological polar surface area (TPSA) is 106 Å². The van der Waals surface area contributed by atoms with Crippen molar-refractivity contribution in [3.63, 3.8) is 0 Å².